The van der Waals surface area contributed by atoms with Crippen molar-refractivity contribution in [1.29, 1.82) is 0 Å². The maximum atomic E-state index is 13.5. The molecule has 138 valence electrons. The van der Waals surface area contributed by atoms with Crippen molar-refractivity contribution in [1.82, 2.24) is 10.9 Å². The molecule has 2 amide bonds. The molecule has 0 spiro atoms. The number of carbonyl (C=O) groups excluding carboxylic acids is 2. The van der Waals surface area contributed by atoms with Crippen LogP contribution in [0.1, 0.15) is 18.1 Å². The highest BCUT2D eigenvalue weighted by molar-refractivity contribution is 5.85. The fraction of sp³-hybridized carbons (Fsp3) is 0.263. The molecule has 0 radical (unpaired) electrons. The summed E-state index contributed by atoms with van der Waals surface area (Å²) in [5, 5.41) is 0. The van der Waals surface area contributed by atoms with E-state index >= 15 is 0 Å². The Morgan fingerprint density at radius 1 is 1.04 bits per heavy atom. The molecule has 2 aromatic rings. The van der Waals surface area contributed by atoms with E-state index in [0.717, 1.165) is 11.1 Å². The molecule has 0 saturated carbocycles. The number of nitrogens with one attached hydrogen (secondary N) is 2. The SMILES string of the molecule is Cc1cccc(OCC(=O)NNC(=O)[C@@H](C)Oc2ccccc2F)c1C. The standard InChI is InChI=1S/C19H21FN2O4/c1-12-7-6-10-16(13(12)2)25-11-18(23)21-22-19(24)14(3)26-17-9-5-4-8-15(17)20/h4-10,14H,11H2,1-3H3,(H,21,23)(H,22,24)/t14-/m1/s1. The van der Waals surface area contributed by atoms with Crippen molar-refractivity contribution < 1.29 is 23.5 Å². The van der Waals surface area contributed by atoms with E-state index in [1.165, 1.54) is 25.1 Å². The van der Waals surface area contributed by atoms with Crippen LogP contribution in [0, 0.1) is 19.7 Å². The highest BCUT2D eigenvalue weighted by Crippen LogP contribution is 2.20. The molecule has 1 atom stereocenters. The number of carbonyl (C=O) groups is 2. The van der Waals surface area contributed by atoms with Gasteiger partial charge in [-0.15, -0.1) is 0 Å². The first-order chi connectivity index (χ1) is 12.4. The first-order valence-corrected chi connectivity index (χ1v) is 8.07. The van der Waals surface area contributed by atoms with Crippen LogP contribution in [0.2, 0.25) is 0 Å². The molecule has 6 nitrogen and oxygen atoms in total. The summed E-state index contributed by atoms with van der Waals surface area (Å²) in [7, 11) is 0. The van der Waals surface area contributed by atoms with Crippen LogP contribution in [0.25, 0.3) is 0 Å². The highest BCUT2D eigenvalue weighted by atomic mass is 19.1. The van der Waals surface area contributed by atoms with Gasteiger partial charge in [-0.3, -0.25) is 20.4 Å². The number of ether oxygens (including phenoxy) is 2. The Kier molecular flexibility index (Phi) is 6.54. The predicted molar refractivity (Wildman–Crippen MR) is 94.2 cm³/mol. The van der Waals surface area contributed by atoms with Gasteiger partial charge in [-0.2, -0.15) is 0 Å². The molecule has 0 unspecified atom stereocenters. The van der Waals surface area contributed by atoms with Gasteiger partial charge in [0.2, 0.25) is 0 Å². The van der Waals surface area contributed by atoms with E-state index < -0.39 is 23.7 Å². The minimum Gasteiger partial charge on any atom is -0.483 e. The third-order valence-electron chi connectivity index (χ3n) is 3.75. The van der Waals surface area contributed by atoms with Gasteiger partial charge in [-0.1, -0.05) is 24.3 Å². The van der Waals surface area contributed by atoms with Gasteiger partial charge in [0.1, 0.15) is 5.75 Å². The van der Waals surface area contributed by atoms with Gasteiger partial charge < -0.3 is 9.47 Å². The number of amides is 2. The summed E-state index contributed by atoms with van der Waals surface area (Å²) >= 11 is 0. The second-order valence-corrected chi connectivity index (χ2v) is 5.71. The molecule has 0 aliphatic carbocycles. The Bertz CT molecular complexity index is 795. The van der Waals surface area contributed by atoms with Gasteiger partial charge in [-0.05, 0) is 50.1 Å². The van der Waals surface area contributed by atoms with Crippen molar-refractivity contribution in [3.05, 3.63) is 59.4 Å². The number of para-hydroxylation sites is 1. The molecule has 0 saturated heterocycles. The first-order valence-electron chi connectivity index (χ1n) is 8.07. The summed E-state index contributed by atoms with van der Waals surface area (Å²) in [5.41, 5.74) is 6.44. The number of hydrazine groups is 1. The van der Waals surface area contributed by atoms with Crippen LogP contribution in [0.3, 0.4) is 0 Å². The second-order valence-electron chi connectivity index (χ2n) is 5.71. The Balaban J connectivity index is 1.78. The quantitative estimate of drug-likeness (QED) is 0.776. The summed E-state index contributed by atoms with van der Waals surface area (Å²) in [6.07, 6.45) is -0.993. The van der Waals surface area contributed by atoms with Gasteiger partial charge in [-0.25, -0.2) is 4.39 Å². The number of hydrogen-bond acceptors (Lipinski definition) is 4. The number of hydrogen-bond donors (Lipinski definition) is 2. The van der Waals surface area contributed by atoms with Crippen LogP contribution in [0.5, 0.6) is 11.5 Å². The molecule has 0 heterocycles. The lowest BCUT2D eigenvalue weighted by Crippen LogP contribution is -2.48. The normalized spacial score (nSPS) is 11.4. The lowest BCUT2D eigenvalue weighted by Gasteiger charge is -2.16. The smallest absolute Gasteiger partial charge is 0.279 e. The van der Waals surface area contributed by atoms with Gasteiger partial charge >= 0.3 is 0 Å². The number of halogens is 1. The minimum atomic E-state index is -0.993. The van der Waals surface area contributed by atoms with Gasteiger partial charge in [0.05, 0.1) is 0 Å². The monoisotopic (exact) mass is 360 g/mol. The zero-order valence-corrected chi connectivity index (χ0v) is 14.8. The zero-order chi connectivity index (χ0) is 19.1. The van der Waals surface area contributed by atoms with E-state index in [9.17, 15) is 14.0 Å². The average molecular weight is 360 g/mol. The van der Waals surface area contributed by atoms with Crippen LogP contribution < -0.4 is 20.3 Å². The summed E-state index contributed by atoms with van der Waals surface area (Å²) in [6, 6.07) is 11.3. The van der Waals surface area contributed by atoms with Crippen molar-refractivity contribution in [2.45, 2.75) is 26.9 Å². The molecule has 0 aromatic heterocycles. The lowest BCUT2D eigenvalue weighted by atomic mass is 10.1. The van der Waals surface area contributed by atoms with Crippen molar-refractivity contribution >= 4 is 11.8 Å². The molecule has 0 aliphatic rings. The van der Waals surface area contributed by atoms with Crippen LogP contribution in [-0.4, -0.2) is 24.5 Å². The van der Waals surface area contributed by atoms with E-state index in [2.05, 4.69) is 10.9 Å². The maximum absolute atomic E-state index is 13.5. The molecule has 2 N–H and O–H groups in total. The molecular formula is C19H21FN2O4. The molecule has 2 aromatic carbocycles. The lowest BCUT2D eigenvalue weighted by molar-refractivity contribution is -0.133. The minimum absolute atomic E-state index is 0.0419. The van der Waals surface area contributed by atoms with Gasteiger partial charge in [0.25, 0.3) is 11.8 Å². The molecule has 0 fully saturated rings. The molecule has 2 rings (SSSR count). The highest BCUT2D eigenvalue weighted by Gasteiger charge is 2.17. The number of aryl methyl sites for hydroxylation is 1. The van der Waals surface area contributed by atoms with Gasteiger partial charge in [0, 0.05) is 0 Å². The van der Waals surface area contributed by atoms with E-state index in [-0.39, 0.29) is 12.4 Å². The number of benzene rings is 2. The van der Waals surface area contributed by atoms with Crippen molar-refractivity contribution in [2.24, 2.45) is 0 Å². The second kappa shape index (κ2) is 8.84. The largest absolute Gasteiger partial charge is 0.483 e. The topological polar surface area (TPSA) is 76.7 Å². The molecule has 0 bridgehead atoms. The maximum Gasteiger partial charge on any atom is 0.279 e. The Hall–Kier alpha value is -3.09. The summed E-state index contributed by atoms with van der Waals surface area (Å²) in [4.78, 5) is 23.7. The summed E-state index contributed by atoms with van der Waals surface area (Å²) in [6.45, 7) is 5.03. The molecule has 26 heavy (non-hydrogen) atoms. The van der Waals surface area contributed by atoms with Crippen LogP contribution in [0.15, 0.2) is 42.5 Å². The first kappa shape index (κ1) is 19.2. The Labute approximate surface area is 151 Å². The average Bonchev–Trinajstić information content (AvgIpc) is 2.62. The van der Waals surface area contributed by atoms with Crippen molar-refractivity contribution in [3.63, 3.8) is 0 Å². The van der Waals surface area contributed by atoms with E-state index in [1.807, 2.05) is 26.0 Å². The fourth-order valence-electron chi connectivity index (χ4n) is 2.08. The zero-order valence-electron chi connectivity index (χ0n) is 14.8. The van der Waals surface area contributed by atoms with Crippen molar-refractivity contribution in [2.75, 3.05) is 6.61 Å². The third kappa shape index (κ3) is 5.20. The van der Waals surface area contributed by atoms with E-state index in [0.29, 0.717) is 5.75 Å². The predicted octanol–water partition coefficient (Wildman–Crippen LogP) is 2.44. The van der Waals surface area contributed by atoms with E-state index in [4.69, 9.17) is 9.47 Å². The van der Waals surface area contributed by atoms with Crippen LogP contribution >= 0.6 is 0 Å². The Morgan fingerprint density at radius 3 is 2.46 bits per heavy atom. The third-order valence-corrected chi connectivity index (χ3v) is 3.75. The van der Waals surface area contributed by atoms with Crippen LogP contribution in [-0.2, 0) is 9.59 Å². The molecule has 0 aliphatic heterocycles. The fourth-order valence-corrected chi connectivity index (χ4v) is 2.08. The molecule has 7 heteroatoms. The summed E-state index contributed by atoms with van der Waals surface area (Å²) in [5.74, 6) is -1.16. The Morgan fingerprint density at radius 2 is 1.73 bits per heavy atom. The molecular weight excluding hydrogens is 339 g/mol. The van der Waals surface area contributed by atoms with Crippen LogP contribution in [0.4, 0.5) is 4.39 Å². The van der Waals surface area contributed by atoms with Crippen molar-refractivity contribution in [3.8, 4) is 11.5 Å². The van der Waals surface area contributed by atoms with Gasteiger partial charge in [0.15, 0.2) is 24.3 Å². The summed E-state index contributed by atoms with van der Waals surface area (Å²) < 4.78 is 24.2. The number of rotatable bonds is 6. The van der Waals surface area contributed by atoms with E-state index in [1.54, 1.807) is 12.1 Å².